The van der Waals surface area contributed by atoms with Crippen molar-refractivity contribution in [3.63, 3.8) is 0 Å². The molecule has 1 aliphatic rings. The van der Waals surface area contributed by atoms with Crippen molar-refractivity contribution in [2.24, 2.45) is 0 Å². The third-order valence-corrected chi connectivity index (χ3v) is 2.37. The molecular formula is C10H13N3O. The van der Waals surface area contributed by atoms with E-state index in [0.717, 1.165) is 24.6 Å². The number of anilines is 1. The third kappa shape index (κ3) is 1.43. The second kappa shape index (κ2) is 3.29. The zero-order valence-corrected chi connectivity index (χ0v) is 8.40. The molecule has 0 atom stereocenters. The van der Waals surface area contributed by atoms with Crippen molar-refractivity contribution in [2.45, 2.75) is 6.92 Å². The van der Waals surface area contributed by atoms with E-state index in [1.165, 1.54) is 0 Å². The van der Waals surface area contributed by atoms with Gasteiger partial charge in [0.05, 0.1) is 0 Å². The lowest BCUT2D eigenvalue weighted by Gasteiger charge is -2.14. The number of pyridine rings is 1. The topological polar surface area (TPSA) is 36.4 Å². The van der Waals surface area contributed by atoms with E-state index in [-0.39, 0.29) is 6.03 Å². The zero-order chi connectivity index (χ0) is 10.1. The van der Waals surface area contributed by atoms with Crippen LogP contribution < -0.4 is 4.90 Å². The van der Waals surface area contributed by atoms with Crippen LogP contribution in [0.1, 0.15) is 5.69 Å². The first-order valence-corrected chi connectivity index (χ1v) is 4.65. The van der Waals surface area contributed by atoms with Gasteiger partial charge in [-0.2, -0.15) is 0 Å². The van der Waals surface area contributed by atoms with Gasteiger partial charge in [0.2, 0.25) is 0 Å². The summed E-state index contributed by atoms with van der Waals surface area (Å²) < 4.78 is 0. The van der Waals surface area contributed by atoms with Gasteiger partial charge < -0.3 is 4.90 Å². The first-order valence-electron chi connectivity index (χ1n) is 4.65. The van der Waals surface area contributed by atoms with E-state index < -0.39 is 0 Å². The Morgan fingerprint density at radius 3 is 2.71 bits per heavy atom. The van der Waals surface area contributed by atoms with E-state index in [1.807, 2.05) is 25.1 Å². The monoisotopic (exact) mass is 191 g/mol. The van der Waals surface area contributed by atoms with Gasteiger partial charge in [0.15, 0.2) is 0 Å². The number of aryl methyl sites for hydroxylation is 1. The number of carbonyl (C=O) groups excluding carboxylic acids is 1. The molecule has 2 amide bonds. The van der Waals surface area contributed by atoms with Crippen molar-refractivity contribution in [2.75, 3.05) is 25.0 Å². The van der Waals surface area contributed by atoms with Crippen LogP contribution in [-0.2, 0) is 0 Å². The van der Waals surface area contributed by atoms with Gasteiger partial charge in [-0.1, -0.05) is 6.07 Å². The molecule has 0 radical (unpaired) electrons. The molecule has 0 aromatic carbocycles. The second-order valence-electron chi connectivity index (χ2n) is 3.49. The first kappa shape index (κ1) is 8.99. The quantitative estimate of drug-likeness (QED) is 0.670. The fourth-order valence-corrected chi connectivity index (χ4v) is 1.54. The molecule has 0 spiro atoms. The average molecular weight is 191 g/mol. The standard InChI is InChI=1S/C10H13N3O/c1-8-4-3-5-9(11-8)13-7-6-12(2)10(13)14/h3-5H,6-7H2,1-2H3. The van der Waals surface area contributed by atoms with Crippen molar-refractivity contribution in [1.29, 1.82) is 0 Å². The molecule has 4 nitrogen and oxygen atoms in total. The Balaban J connectivity index is 2.28. The number of urea groups is 1. The molecule has 0 bridgehead atoms. The molecule has 14 heavy (non-hydrogen) atoms. The van der Waals surface area contributed by atoms with Crippen molar-refractivity contribution in [3.8, 4) is 0 Å². The van der Waals surface area contributed by atoms with Crippen molar-refractivity contribution in [1.82, 2.24) is 9.88 Å². The van der Waals surface area contributed by atoms with Crippen LogP contribution in [0.5, 0.6) is 0 Å². The predicted molar refractivity (Wildman–Crippen MR) is 54.3 cm³/mol. The van der Waals surface area contributed by atoms with Crippen molar-refractivity contribution >= 4 is 11.8 Å². The molecule has 1 aromatic rings. The van der Waals surface area contributed by atoms with Crippen LogP contribution in [-0.4, -0.2) is 36.1 Å². The number of rotatable bonds is 1. The molecule has 74 valence electrons. The zero-order valence-electron chi connectivity index (χ0n) is 8.40. The Labute approximate surface area is 83.2 Å². The number of nitrogens with zero attached hydrogens (tertiary/aromatic N) is 3. The van der Waals surface area contributed by atoms with E-state index in [0.29, 0.717) is 0 Å². The lowest BCUT2D eigenvalue weighted by atomic mass is 10.3. The largest absolute Gasteiger partial charge is 0.326 e. The van der Waals surface area contributed by atoms with Crippen LogP contribution >= 0.6 is 0 Å². The normalized spacial score (nSPS) is 16.6. The van der Waals surface area contributed by atoms with Crippen molar-refractivity contribution in [3.05, 3.63) is 23.9 Å². The first-order chi connectivity index (χ1) is 6.68. The van der Waals surface area contributed by atoms with E-state index in [9.17, 15) is 4.79 Å². The Hall–Kier alpha value is -1.58. The number of hydrogen-bond donors (Lipinski definition) is 0. The SMILES string of the molecule is Cc1cccc(N2CCN(C)C2=O)n1. The summed E-state index contributed by atoms with van der Waals surface area (Å²) in [5.74, 6) is 0.749. The molecule has 0 aliphatic carbocycles. The van der Waals surface area contributed by atoms with Gasteiger partial charge in [0.1, 0.15) is 5.82 Å². The lowest BCUT2D eigenvalue weighted by molar-refractivity contribution is 0.229. The molecule has 4 heteroatoms. The molecule has 0 unspecified atom stereocenters. The summed E-state index contributed by atoms with van der Waals surface area (Å²) in [6.45, 7) is 3.42. The summed E-state index contributed by atoms with van der Waals surface area (Å²) in [5, 5.41) is 0. The number of amides is 2. The highest BCUT2D eigenvalue weighted by atomic mass is 16.2. The summed E-state index contributed by atoms with van der Waals surface area (Å²) >= 11 is 0. The van der Waals surface area contributed by atoms with Gasteiger partial charge in [-0.05, 0) is 19.1 Å². The molecular weight excluding hydrogens is 178 g/mol. The smallest absolute Gasteiger partial charge is 0.325 e. The number of carbonyl (C=O) groups is 1. The summed E-state index contributed by atoms with van der Waals surface area (Å²) in [6, 6.07) is 5.74. The van der Waals surface area contributed by atoms with E-state index in [4.69, 9.17) is 0 Å². The van der Waals surface area contributed by atoms with Crippen LogP contribution in [0, 0.1) is 6.92 Å². The van der Waals surface area contributed by atoms with Gasteiger partial charge in [-0.3, -0.25) is 4.90 Å². The minimum atomic E-state index is 0.0306. The third-order valence-electron chi connectivity index (χ3n) is 2.37. The Morgan fingerprint density at radius 1 is 1.36 bits per heavy atom. The van der Waals surface area contributed by atoms with Gasteiger partial charge in [0.25, 0.3) is 0 Å². The highest BCUT2D eigenvalue weighted by Crippen LogP contribution is 2.16. The Bertz CT molecular complexity index is 364. The molecule has 1 saturated heterocycles. The molecule has 1 fully saturated rings. The summed E-state index contributed by atoms with van der Waals surface area (Å²) in [5.41, 5.74) is 0.935. The van der Waals surface area contributed by atoms with E-state index >= 15 is 0 Å². The predicted octanol–water partition coefficient (Wildman–Crippen LogP) is 1.26. The van der Waals surface area contributed by atoms with Crippen molar-refractivity contribution < 1.29 is 4.79 Å². The lowest BCUT2D eigenvalue weighted by Crippen LogP contribution is -2.29. The van der Waals surface area contributed by atoms with Crippen LogP contribution in [0.3, 0.4) is 0 Å². The molecule has 2 rings (SSSR count). The second-order valence-corrected chi connectivity index (χ2v) is 3.49. The molecule has 0 saturated carbocycles. The van der Waals surface area contributed by atoms with Crippen LogP contribution in [0.15, 0.2) is 18.2 Å². The summed E-state index contributed by atoms with van der Waals surface area (Å²) in [6.07, 6.45) is 0. The maximum Gasteiger partial charge on any atom is 0.325 e. The summed E-state index contributed by atoms with van der Waals surface area (Å²) in [7, 11) is 1.80. The minimum Gasteiger partial charge on any atom is -0.326 e. The minimum absolute atomic E-state index is 0.0306. The highest BCUT2D eigenvalue weighted by molar-refractivity contribution is 5.92. The van der Waals surface area contributed by atoms with Gasteiger partial charge in [-0.25, -0.2) is 9.78 Å². The number of aromatic nitrogens is 1. The average Bonchev–Trinajstić information content (AvgIpc) is 2.48. The Morgan fingerprint density at radius 2 is 2.14 bits per heavy atom. The maximum atomic E-state index is 11.6. The summed E-state index contributed by atoms with van der Waals surface area (Å²) in [4.78, 5) is 19.3. The molecule has 2 heterocycles. The van der Waals surface area contributed by atoms with Crippen LogP contribution in [0.25, 0.3) is 0 Å². The highest BCUT2D eigenvalue weighted by Gasteiger charge is 2.27. The van der Waals surface area contributed by atoms with E-state index in [1.54, 1.807) is 16.8 Å². The number of likely N-dealkylation sites (N-methyl/N-ethyl adjacent to an activating group) is 1. The Kier molecular flexibility index (Phi) is 2.11. The molecule has 1 aliphatic heterocycles. The van der Waals surface area contributed by atoms with Gasteiger partial charge in [-0.15, -0.1) is 0 Å². The fraction of sp³-hybridized carbons (Fsp3) is 0.400. The van der Waals surface area contributed by atoms with Crippen LogP contribution in [0.4, 0.5) is 10.6 Å². The van der Waals surface area contributed by atoms with Crippen LogP contribution in [0.2, 0.25) is 0 Å². The molecule has 1 aromatic heterocycles. The fourth-order valence-electron chi connectivity index (χ4n) is 1.54. The maximum absolute atomic E-state index is 11.6. The van der Waals surface area contributed by atoms with E-state index in [2.05, 4.69) is 4.98 Å². The van der Waals surface area contributed by atoms with Gasteiger partial charge >= 0.3 is 6.03 Å². The molecule has 0 N–H and O–H groups in total. The number of hydrogen-bond acceptors (Lipinski definition) is 2. The van der Waals surface area contributed by atoms with Gasteiger partial charge in [0, 0.05) is 25.8 Å².